The van der Waals surface area contributed by atoms with Gasteiger partial charge in [0.2, 0.25) is 5.88 Å². The topological polar surface area (TPSA) is 22.1 Å². The highest BCUT2D eigenvalue weighted by molar-refractivity contribution is 5.15. The number of aromatic nitrogens is 1. The van der Waals surface area contributed by atoms with Gasteiger partial charge in [0.1, 0.15) is 0 Å². The van der Waals surface area contributed by atoms with Gasteiger partial charge in [-0.05, 0) is 12.5 Å². The number of ether oxygens (including phenoxy) is 1. The molecule has 1 rings (SSSR count). The normalized spacial score (nSPS) is 9.64. The van der Waals surface area contributed by atoms with Crippen LogP contribution in [0.1, 0.15) is 19.0 Å². The van der Waals surface area contributed by atoms with E-state index in [4.69, 9.17) is 4.74 Å². The first-order valence-electron chi connectivity index (χ1n) is 3.86. The van der Waals surface area contributed by atoms with E-state index in [1.54, 1.807) is 7.11 Å². The van der Waals surface area contributed by atoms with Crippen LogP contribution in [0, 0.1) is 0 Å². The van der Waals surface area contributed by atoms with E-state index < -0.39 is 0 Å². The molecule has 0 radical (unpaired) electrons. The van der Waals surface area contributed by atoms with E-state index in [-0.39, 0.29) is 0 Å². The Bertz CT molecular complexity index is 223. The van der Waals surface area contributed by atoms with Crippen molar-refractivity contribution in [1.29, 1.82) is 0 Å². The Kier molecular flexibility index (Phi) is 2.90. The summed E-state index contributed by atoms with van der Waals surface area (Å²) in [5.74, 6) is 0.705. The largest absolute Gasteiger partial charge is 0.481 e. The Balaban J connectivity index is 2.74. The van der Waals surface area contributed by atoms with Crippen LogP contribution in [0.25, 0.3) is 0 Å². The molecule has 0 aliphatic rings. The summed E-state index contributed by atoms with van der Waals surface area (Å²) < 4.78 is 4.99. The first-order valence-corrected chi connectivity index (χ1v) is 3.86. The van der Waals surface area contributed by atoms with Crippen LogP contribution in [0.4, 0.5) is 0 Å². The molecule has 0 aliphatic heterocycles. The van der Waals surface area contributed by atoms with Crippen LogP contribution >= 0.6 is 0 Å². The summed E-state index contributed by atoms with van der Waals surface area (Å²) in [5.41, 5.74) is 1.10. The molecular weight excluding hydrogens is 138 g/mol. The molecule has 0 spiro atoms. The van der Waals surface area contributed by atoms with Gasteiger partial charge >= 0.3 is 0 Å². The summed E-state index contributed by atoms with van der Waals surface area (Å²) >= 11 is 0. The molecule has 2 nitrogen and oxygen atoms in total. The van der Waals surface area contributed by atoms with Crippen LogP contribution in [-0.2, 0) is 6.42 Å². The number of rotatable bonds is 3. The van der Waals surface area contributed by atoms with Crippen molar-refractivity contribution in [1.82, 2.24) is 4.98 Å². The van der Waals surface area contributed by atoms with Gasteiger partial charge in [-0.15, -0.1) is 0 Å². The molecule has 0 amide bonds. The predicted octanol–water partition coefficient (Wildman–Crippen LogP) is 2.04. The van der Waals surface area contributed by atoms with Gasteiger partial charge in [-0.3, -0.25) is 0 Å². The first kappa shape index (κ1) is 8.05. The third-order valence-corrected chi connectivity index (χ3v) is 1.50. The van der Waals surface area contributed by atoms with E-state index in [2.05, 4.69) is 11.9 Å². The molecule has 0 aromatic carbocycles. The monoisotopic (exact) mass is 151 g/mol. The molecular formula is C9H13NO. The molecule has 60 valence electrons. The van der Waals surface area contributed by atoms with Crippen LogP contribution in [0.2, 0.25) is 0 Å². The van der Waals surface area contributed by atoms with Crippen molar-refractivity contribution in [2.45, 2.75) is 19.8 Å². The molecule has 0 fully saturated rings. The lowest BCUT2D eigenvalue weighted by Crippen LogP contribution is -1.92. The molecule has 0 saturated carbocycles. The van der Waals surface area contributed by atoms with E-state index in [9.17, 15) is 0 Å². The molecule has 0 N–H and O–H groups in total. The zero-order valence-electron chi connectivity index (χ0n) is 7.00. The van der Waals surface area contributed by atoms with Crippen molar-refractivity contribution in [2.75, 3.05) is 7.11 Å². The second-order valence-corrected chi connectivity index (χ2v) is 2.42. The SMILES string of the molecule is CCCc1cccc(OC)n1. The quantitative estimate of drug-likeness (QED) is 0.659. The van der Waals surface area contributed by atoms with Gasteiger partial charge in [0.15, 0.2) is 0 Å². The van der Waals surface area contributed by atoms with Crippen molar-refractivity contribution in [3.05, 3.63) is 23.9 Å². The molecule has 0 bridgehead atoms. The summed E-state index contributed by atoms with van der Waals surface area (Å²) in [6.07, 6.45) is 2.15. The third kappa shape index (κ3) is 2.22. The average molecular weight is 151 g/mol. The number of hydrogen-bond acceptors (Lipinski definition) is 2. The molecule has 0 saturated heterocycles. The fourth-order valence-electron chi connectivity index (χ4n) is 0.967. The Labute approximate surface area is 67.2 Å². The van der Waals surface area contributed by atoms with Crippen LogP contribution in [0.3, 0.4) is 0 Å². The van der Waals surface area contributed by atoms with Crippen LogP contribution < -0.4 is 4.74 Å². The number of pyridine rings is 1. The van der Waals surface area contributed by atoms with Crippen LogP contribution in [0.5, 0.6) is 5.88 Å². The molecule has 2 heteroatoms. The molecule has 1 aromatic rings. The molecule has 11 heavy (non-hydrogen) atoms. The summed E-state index contributed by atoms with van der Waals surface area (Å²) in [7, 11) is 1.64. The first-order chi connectivity index (χ1) is 5.36. The minimum atomic E-state index is 0.705. The van der Waals surface area contributed by atoms with Crippen molar-refractivity contribution >= 4 is 0 Å². The van der Waals surface area contributed by atoms with Gasteiger partial charge in [0.05, 0.1) is 7.11 Å². The van der Waals surface area contributed by atoms with Crippen molar-refractivity contribution in [3.8, 4) is 5.88 Å². The Morgan fingerprint density at radius 1 is 1.45 bits per heavy atom. The summed E-state index contributed by atoms with van der Waals surface area (Å²) in [6.45, 7) is 2.14. The maximum atomic E-state index is 4.99. The number of aryl methyl sites for hydroxylation is 1. The van der Waals surface area contributed by atoms with E-state index >= 15 is 0 Å². The van der Waals surface area contributed by atoms with E-state index in [0.717, 1.165) is 18.5 Å². The number of nitrogens with zero attached hydrogens (tertiary/aromatic N) is 1. The van der Waals surface area contributed by atoms with E-state index in [1.165, 1.54) is 0 Å². The highest BCUT2D eigenvalue weighted by atomic mass is 16.5. The zero-order chi connectivity index (χ0) is 8.10. The second kappa shape index (κ2) is 3.96. The smallest absolute Gasteiger partial charge is 0.213 e. The molecule has 1 heterocycles. The highest BCUT2D eigenvalue weighted by Crippen LogP contribution is 2.07. The lowest BCUT2D eigenvalue weighted by atomic mass is 10.2. The fourth-order valence-corrected chi connectivity index (χ4v) is 0.967. The summed E-state index contributed by atoms with van der Waals surface area (Å²) in [5, 5.41) is 0. The van der Waals surface area contributed by atoms with Crippen molar-refractivity contribution in [2.24, 2.45) is 0 Å². The maximum Gasteiger partial charge on any atom is 0.213 e. The van der Waals surface area contributed by atoms with Gasteiger partial charge in [0.25, 0.3) is 0 Å². The molecule has 0 aliphatic carbocycles. The van der Waals surface area contributed by atoms with Gasteiger partial charge in [-0.1, -0.05) is 19.4 Å². The van der Waals surface area contributed by atoms with Crippen LogP contribution in [-0.4, -0.2) is 12.1 Å². The minimum Gasteiger partial charge on any atom is -0.481 e. The van der Waals surface area contributed by atoms with E-state index in [0.29, 0.717) is 5.88 Å². The van der Waals surface area contributed by atoms with Gasteiger partial charge in [0, 0.05) is 11.8 Å². The minimum absolute atomic E-state index is 0.705. The van der Waals surface area contributed by atoms with Crippen molar-refractivity contribution < 1.29 is 4.74 Å². The maximum absolute atomic E-state index is 4.99. The fraction of sp³-hybridized carbons (Fsp3) is 0.444. The predicted molar refractivity (Wildman–Crippen MR) is 44.8 cm³/mol. The molecule has 0 unspecified atom stereocenters. The van der Waals surface area contributed by atoms with Crippen molar-refractivity contribution in [3.63, 3.8) is 0 Å². The van der Waals surface area contributed by atoms with Crippen LogP contribution in [0.15, 0.2) is 18.2 Å². The molecule has 1 aromatic heterocycles. The summed E-state index contributed by atoms with van der Waals surface area (Å²) in [6, 6.07) is 5.85. The highest BCUT2D eigenvalue weighted by Gasteiger charge is 1.94. The number of hydrogen-bond donors (Lipinski definition) is 0. The Hall–Kier alpha value is -1.05. The second-order valence-electron chi connectivity index (χ2n) is 2.42. The van der Waals surface area contributed by atoms with Gasteiger partial charge in [-0.2, -0.15) is 0 Å². The number of methoxy groups -OCH3 is 1. The standard InChI is InChI=1S/C9H13NO/c1-3-5-8-6-4-7-9(10-8)11-2/h4,6-7H,3,5H2,1-2H3. The Morgan fingerprint density at radius 2 is 2.27 bits per heavy atom. The lowest BCUT2D eigenvalue weighted by Gasteiger charge is -2.00. The van der Waals surface area contributed by atoms with Gasteiger partial charge < -0.3 is 4.74 Å². The third-order valence-electron chi connectivity index (χ3n) is 1.50. The van der Waals surface area contributed by atoms with Gasteiger partial charge in [-0.25, -0.2) is 4.98 Å². The van der Waals surface area contributed by atoms with E-state index in [1.807, 2.05) is 18.2 Å². The Morgan fingerprint density at radius 3 is 2.91 bits per heavy atom. The molecule has 0 atom stereocenters. The average Bonchev–Trinajstić information content (AvgIpc) is 2.06. The lowest BCUT2D eigenvalue weighted by molar-refractivity contribution is 0.396. The summed E-state index contributed by atoms with van der Waals surface area (Å²) in [4.78, 5) is 4.26. The zero-order valence-corrected chi connectivity index (χ0v) is 7.00.